The highest BCUT2D eigenvalue weighted by Crippen LogP contribution is 2.65. The lowest BCUT2D eigenvalue weighted by atomic mass is 10.1. The van der Waals surface area contributed by atoms with Gasteiger partial charge in [0.25, 0.3) is 7.71 Å². The third-order valence-corrected chi connectivity index (χ3v) is 8.04. The summed E-state index contributed by atoms with van der Waals surface area (Å²) in [6, 6.07) is 3.73. The average molecular weight is 392 g/mol. The number of hydrogen-bond donors (Lipinski definition) is 0. The van der Waals surface area contributed by atoms with Crippen LogP contribution in [0, 0.1) is 0 Å². The normalized spacial score (nSPS) is 12.0. The Hall–Kier alpha value is -1.04. The Labute approximate surface area is 159 Å². The van der Waals surface area contributed by atoms with Crippen LogP contribution in [0.25, 0.3) is 6.08 Å². The van der Waals surface area contributed by atoms with Gasteiger partial charge in [-0.05, 0) is 6.08 Å². The Bertz CT molecular complexity index is 533. The molecule has 0 saturated heterocycles. The minimum absolute atomic E-state index is 0. The molecule has 0 radical (unpaired) electrons. The molecule has 0 bridgehead atoms. The number of methoxy groups -OCH3 is 3. The van der Waals surface area contributed by atoms with Gasteiger partial charge in [0.2, 0.25) is 0 Å². The van der Waals surface area contributed by atoms with Crippen molar-refractivity contribution in [2.24, 2.45) is 0 Å². The molecule has 0 aliphatic heterocycles. The van der Waals surface area contributed by atoms with E-state index in [0.29, 0.717) is 5.75 Å². The minimum atomic E-state index is -1.78. The third kappa shape index (κ3) is 4.99. The van der Waals surface area contributed by atoms with Crippen LogP contribution in [-0.4, -0.2) is 77.6 Å². The van der Waals surface area contributed by atoms with E-state index in [4.69, 9.17) is 14.2 Å². The molecule has 0 saturated carbocycles. The predicted octanol–water partition coefficient (Wildman–Crippen LogP) is 0.135. The highest BCUT2D eigenvalue weighted by molar-refractivity contribution is 7.72. The summed E-state index contributed by atoms with van der Waals surface area (Å²) in [5, 5.41) is 0. The van der Waals surface area contributed by atoms with Crippen molar-refractivity contribution in [3.63, 3.8) is 0 Å². The molecule has 0 unspecified atom stereocenters. The van der Waals surface area contributed by atoms with E-state index >= 15 is 0 Å². The largest absolute Gasteiger partial charge is 1.00 e. The Morgan fingerprint density at radius 2 is 1.16 bits per heavy atom. The van der Waals surface area contributed by atoms with Crippen molar-refractivity contribution in [1.82, 2.24) is 14.0 Å². The van der Waals surface area contributed by atoms with Gasteiger partial charge in [-0.2, -0.15) is 14.0 Å². The quantitative estimate of drug-likeness (QED) is 0.587. The first-order chi connectivity index (χ1) is 11.2. The van der Waals surface area contributed by atoms with Crippen molar-refractivity contribution in [3.05, 3.63) is 23.5 Å². The first-order valence-electron chi connectivity index (χ1n) is 7.66. The van der Waals surface area contributed by atoms with Crippen molar-refractivity contribution < 1.29 is 26.6 Å². The van der Waals surface area contributed by atoms with Crippen molar-refractivity contribution in [1.29, 1.82) is 0 Å². The predicted molar refractivity (Wildman–Crippen MR) is 103 cm³/mol. The zero-order valence-corrected chi connectivity index (χ0v) is 18.4. The van der Waals surface area contributed by atoms with Crippen molar-refractivity contribution in [2.75, 3.05) is 63.6 Å². The van der Waals surface area contributed by atoms with E-state index in [9.17, 15) is 0 Å². The number of ether oxygens (including phenoxy) is 3. The second-order valence-corrected chi connectivity index (χ2v) is 9.85. The van der Waals surface area contributed by atoms with Crippen molar-refractivity contribution >= 4 is 13.8 Å². The Kier molecular flexibility index (Phi) is 9.77. The first-order valence-corrected chi connectivity index (χ1v) is 9.37. The molecule has 0 N–H and O–H groups in total. The van der Waals surface area contributed by atoms with Crippen LogP contribution in [0.1, 0.15) is 5.56 Å². The number of halogens is 1. The van der Waals surface area contributed by atoms with Gasteiger partial charge in [0.15, 0.2) is 0 Å². The van der Waals surface area contributed by atoms with Gasteiger partial charge in [-0.3, -0.25) is 0 Å². The number of benzene rings is 1. The molecule has 144 valence electrons. The molecule has 0 fully saturated rings. The fourth-order valence-electron chi connectivity index (χ4n) is 2.84. The molecule has 1 rings (SSSR count). The zero-order chi connectivity index (χ0) is 18.5. The molecule has 0 aromatic heterocycles. The highest BCUT2D eigenvalue weighted by Gasteiger charge is 2.45. The molecule has 8 heteroatoms. The highest BCUT2D eigenvalue weighted by atomic mass is 35.5. The maximum Gasteiger partial charge on any atom is 0.253 e. The number of rotatable bonds is 8. The molecule has 0 spiro atoms. The van der Waals surface area contributed by atoms with E-state index in [1.165, 1.54) is 0 Å². The van der Waals surface area contributed by atoms with E-state index in [0.717, 1.165) is 17.1 Å². The first kappa shape index (κ1) is 24.0. The number of hydrogen-bond acceptors (Lipinski definition) is 6. The summed E-state index contributed by atoms with van der Waals surface area (Å²) >= 11 is 0. The van der Waals surface area contributed by atoms with Gasteiger partial charge >= 0.3 is 0 Å². The van der Waals surface area contributed by atoms with Gasteiger partial charge in [0, 0.05) is 54.4 Å². The molecule has 0 atom stereocenters. The molecule has 0 heterocycles. The zero-order valence-electron chi connectivity index (χ0n) is 16.7. The summed E-state index contributed by atoms with van der Waals surface area (Å²) in [7, 11) is 15.7. The maximum absolute atomic E-state index is 5.54. The molecule has 0 aliphatic rings. The smallest absolute Gasteiger partial charge is 0.253 e. The molecular formula is C17H31ClN3O3P. The van der Waals surface area contributed by atoms with Crippen LogP contribution in [0.15, 0.2) is 17.9 Å². The fraction of sp³-hybridized carbons (Fsp3) is 0.529. The lowest BCUT2D eigenvalue weighted by molar-refractivity contribution is -0.00000625. The maximum atomic E-state index is 5.54. The minimum Gasteiger partial charge on any atom is -1.00 e. The number of nitrogens with zero attached hydrogens (tertiary/aromatic N) is 3. The SMILES string of the molecule is COc1cc(OC)c(/C=C/[P+](N(C)C)(N(C)C)N(C)C)c(OC)c1.[Cl-]. The third-order valence-electron chi connectivity index (χ3n) is 3.96. The van der Waals surface area contributed by atoms with Crippen LogP contribution in [0.2, 0.25) is 0 Å². The summed E-state index contributed by atoms with van der Waals surface area (Å²) in [4.78, 5) is 0. The van der Waals surface area contributed by atoms with Crippen LogP contribution in [0.4, 0.5) is 0 Å². The lowest BCUT2D eigenvalue weighted by Gasteiger charge is -2.37. The topological polar surface area (TPSA) is 37.4 Å². The molecule has 0 amide bonds. The van der Waals surface area contributed by atoms with Crippen LogP contribution in [0.3, 0.4) is 0 Å². The van der Waals surface area contributed by atoms with E-state index in [1.54, 1.807) is 21.3 Å². The van der Waals surface area contributed by atoms with E-state index in [1.807, 2.05) is 12.1 Å². The van der Waals surface area contributed by atoms with E-state index in [-0.39, 0.29) is 12.4 Å². The molecule has 6 nitrogen and oxygen atoms in total. The molecular weight excluding hydrogens is 361 g/mol. The second-order valence-electron chi connectivity index (χ2n) is 5.92. The Morgan fingerprint density at radius 3 is 1.44 bits per heavy atom. The van der Waals surface area contributed by atoms with Crippen LogP contribution < -0.4 is 26.6 Å². The van der Waals surface area contributed by atoms with Crippen molar-refractivity contribution in [2.45, 2.75) is 0 Å². The molecule has 1 aromatic rings. The molecule has 1 aromatic carbocycles. The van der Waals surface area contributed by atoms with Crippen LogP contribution >= 0.6 is 7.71 Å². The van der Waals surface area contributed by atoms with Gasteiger partial charge in [0.1, 0.15) is 23.1 Å². The van der Waals surface area contributed by atoms with E-state index in [2.05, 4.69) is 68.2 Å². The lowest BCUT2D eigenvalue weighted by Crippen LogP contribution is -3.00. The Morgan fingerprint density at radius 1 is 0.760 bits per heavy atom. The second kappa shape index (κ2) is 10.2. The summed E-state index contributed by atoms with van der Waals surface area (Å²) in [5.74, 6) is 4.38. The van der Waals surface area contributed by atoms with Gasteiger partial charge < -0.3 is 26.6 Å². The Balaban J connectivity index is 0.00000576. The molecule has 0 aliphatic carbocycles. The van der Waals surface area contributed by atoms with Crippen LogP contribution in [0.5, 0.6) is 17.2 Å². The fourth-order valence-corrected chi connectivity index (χ4v) is 6.14. The summed E-state index contributed by atoms with van der Waals surface area (Å²) < 4.78 is 23.2. The van der Waals surface area contributed by atoms with Gasteiger partial charge in [0.05, 0.1) is 26.9 Å². The van der Waals surface area contributed by atoms with Gasteiger partial charge in [-0.25, -0.2) is 0 Å². The summed E-state index contributed by atoms with van der Waals surface area (Å²) in [6.45, 7) is 0. The molecule has 25 heavy (non-hydrogen) atoms. The van der Waals surface area contributed by atoms with Gasteiger partial charge in [-0.15, -0.1) is 0 Å². The summed E-state index contributed by atoms with van der Waals surface area (Å²) in [6.07, 6.45) is 2.07. The van der Waals surface area contributed by atoms with E-state index < -0.39 is 7.71 Å². The van der Waals surface area contributed by atoms with Crippen LogP contribution in [-0.2, 0) is 0 Å². The van der Waals surface area contributed by atoms with Crippen molar-refractivity contribution in [3.8, 4) is 17.2 Å². The summed E-state index contributed by atoms with van der Waals surface area (Å²) in [5.41, 5.74) is 0.899. The monoisotopic (exact) mass is 391 g/mol. The standard InChI is InChI=1S/C17H31N3O3P.ClH/c1-18(2)24(19(3)4,20(5)6)11-10-15-16(22-8)12-14(21-7)13-17(15)23-9;/h10-13H,1-9H3;1H/q+1;/p-1/b11-10+;. The van der Waals surface area contributed by atoms with Gasteiger partial charge in [-0.1, -0.05) is 0 Å². The average Bonchev–Trinajstić information content (AvgIpc) is 2.53.